The van der Waals surface area contributed by atoms with Crippen molar-refractivity contribution < 1.29 is 4.79 Å². The number of rotatable bonds is 5. The van der Waals surface area contributed by atoms with Crippen LogP contribution in [-0.2, 0) is 11.3 Å². The summed E-state index contributed by atoms with van der Waals surface area (Å²) in [6, 6.07) is 6.68. The van der Waals surface area contributed by atoms with Gasteiger partial charge in [-0.1, -0.05) is 12.1 Å². The number of carbonyl (C=O) groups is 1. The topological polar surface area (TPSA) is 96.0 Å². The number of aromatic amines is 1. The lowest BCUT2D eigenvalue weighted by molar-refractivity contribution is -0.121. The van der Waals surface area contributed by atoms with Crippen LogP contribution < -0.4 is 21.8 Å². The molecule has 2 aromatic rings. The monoisotopic (exact) mass is 366 g/mol. The van der Waals surface area contributed by atoms with Crippen LogP contribution in [0.3, 0.4) is 0 Å². The van der Waals surface area contributed by atoms with Crippen molar-refractivity contribution in [2.45, 2.75) is 25.8 Å². The molecule has 25 heavy (non-hydrogen) atoms. The number of carbonyl (C=O) groups excluding carboxylic acids is 1. The number of aryl methyl sites for hydroxylation is 1. The molecule has 1 aliphatic heterocycles. The third-order valence-corrected chi connectivity index (χ3v) is 4.43. The highest BCUT2D eigenvalue weighted by Crippen LogP contribution is 2.08. The maximum atomic E-state index is 12.4. The summed E-state index contributed by atoms with van der Waals surface area (Å²) in [5.74, 6) is 0.354. The zero-order chi connectivity index (χ0) is 16.9. The average molecular weight is 367 g/mol. The van der Waals surface area contributed by atoms with Crippen LogP contribution in [0.4, 0.5) is 0 Å². The largest absolute Gasteiger partial charge is 0.356 e. The van der Waals surface area contributed by atoms with E-state index in [-0.39, 0.29) is 42.4 Å². The number of benzene rings is 1. The summed E-state index contributed by atoms with van der Waals surface area (Å²) in [5.41, 5.74) is -0.603. The molecule has 0 bridgehead atoms. The van der Waals surface area contributed by atoms with E-state index in [1.54, 1.807) is 24.3 Å². The minimum absolute atomic E-state index is 0. The van der Waals surface area contributed by atoms with Crippen LogP contribution in [0.5, 0.6) is 0 Å². The van der Waals surface area contributed by atoms with Gasteiger partial charge < -0.3 is 10.6 Å². The van der Waals surface area contributed by atoms with Crippen molar-refractivity contribution in [2.75, 3.05) is 19.6 Å². The maximum Gasteiger partial charge on any atom is 0.273 e. The molecule has 1 unspecified atom stereocenters. The third kappa shape index (κ3) is 4.70. The van der Waals surface area contributed by atoms with Gasteiger partial charge in [0.15, 0.2) is 0 Å². The van der Waals surface area contributed by atoms with Gasteiger partial charge in [0.25, 0.3) is 11.1 Å². The molecule has 1 atom stereocenters. The van der Waals surface area contributed by atoms with Crippen LogP contribution in [-0.4, -0.2) is 35.3 Å². The van der Waals surface area contributed by atoms with Crippen LogP contribution in [0.1, 0.15) is 19.3 Å². The van der Waals surface area contributed by atoms with E-state index in [4.69, 9.17) is 0 Å². The van der Waals surface area contributed by atoms with Crippen molar-refractivity contribution in [3.8, 4) is 0 Å². The summed E-state index contributed by atoms with van der Waals surface area (Å²) in [6.45, 7) is 2.78. The summed E-state index contributed by atoms with van der Waals surface area (Å²) < 4.78 is 1.21. The molecular weight excluding hydrogens is 344 g/mol. The highest BCUT2D eigenvalue weighted by molar-refractivity contribution is 5.85. The first kappa shape index (κ1) is 19.2. The average Bonchev–Trinajstić information content (AvgIpc) is 2.62. The second-order valence-electron chi connectivity index (χ2n) is 6.21. The van der Waals surface area contributed by atoms with Gasteiger partial charge in [-0.3, -0.25) is 19.5 Å². The molecule has 1 aliphatic rings. The van der Waals surface area contributed by atoms with E-state index < -0.39 is 0 Å². The Hall–Kier alpha value is -2.12. The number of H-pyrrole nitrogens is 1. The zero-order valence-corrected chi connectivity index (χ0v) is 14.7. The molecule has 0 aliphatic carbocycles. The standard InChI is InChI=1S/C17H22N4O3.ClH/c22-15(19-11-12-4-3-8-18-10-12)7-9-21-17(24)14-6-2-1-5-13(14)16(23)20-21;/h1-2,5-6,12,18H,3-4,7-11H2,(H,19,22)(H,20,23);1H. The molecule has 1 amide bonds. The molecule has 7 nitrogen and oxygen atoms in total. The molecule has 0 radical (unpaired) electrons. The summed E-state index contributed by atoms with van der Waals surface area (Å²) >= 11 is 0. The predicted octanol–water partition coefficient (Wildman–Crippen LogP) is 0.618. The summed E-state index contributed by atoms with van der Waals surface area (Å²) in [7, 11) is 0. The normalized spacial score (nSPS) is 17.0. The first-order valence-electron chi connectivity index (χ1n) is 8.34. The second-order valence-corrected chi connectivity index (χ2v) is 6.21. The number of aromatic nitrogens is 2. The van der Waals surface area contributed by atoms with Gasteiger partial charge in [-0.15, -0.1) is 12.4 Å². The Balaban J connectivity index is 0.00000225. The Morgan fingerprint density at radius 3 is 2.72 bits per heavy atom. The minimum Gasteiger partial charge on any atom is -0.356 e. The highest BCUT2D eigenvalue weighted by atomic mass is 35.5. The molecule has 1 aromatic carbocycles. The van der Waals surface area contributed by atoms with Crippen molar-refractivity contribution in [1.29, 1.82) is 0 Å². The number of halogens is 1. The molecule has 1 saturated heterocycles. The van der Waals surface area contributed by atoms with Crippen LogP contribution in [0.2, 0.25) is 0 Å². The van der Waals surface area contributed by atoms with E-state index in [0.29, 0.717) is 23.2 Å². The Morgan fingerprint density at radius 1 is 1.24 bits per heavy atom. The van der Waals surface area contributed by atoms with Gasteiger partial charge in [0.1, 0.15) is 0 Å². The highest BCUT2D eigenvalue weighted by Gasteiger charge is 2.14. The Bertz CT molecular complexity index is 840. The van der Waals surface area contributed by atoms with Gasteiger partial charge >= 0.3 is 0 Å². The summed E-state index contributed by atoms with van der Waals surface area (Å²) in [6.07, 6.45) is 2.41. The number of piperidine rings is 1. The van der Waals surface area contributed by atoms with Crippen LogP contribution >= 0.6 is 12.4 Å². The van der Waals surface area contributed by atoms with E-state index in [9.17, 15) is 14.4 Å². The predicted molar refractivity (Wildman–Crippen MR) is 99.3 cm³/mol. The molecule has 0 saturated carbocycles. The van der Waals surface area contributed by atoms with E-state index in [0.717, 1.165) is 25.9 Å². The molecule has 3 rings (SSSR count). The first-order valence-corrected chi connectivity index (χ1v) is 8.34. The number of hydrogen-bond donors (Lipinski definition) is 3. The molecule has 136 valence electrons. The van der Waals surface area contributed by atoms with Crippen molar-refractivity contribution in [3.63, 3.8) is 0 Å². The van der Waals surface area contributed by atoms with Gasteiger partial charge in [-0.2, -0.15) is 0 Å². The molecule has 8 heteroatoms. The number of nitrogens with one attached hydrogen (secondary N) is 3. The quantitative estimate of drug-likeness (QED) is 0.722. The molecule has 1 aromatic heterocycles. The van der Waals surface area contributed by atoms with Crippen LogP contribution in [0.25, 0.3) is 10.8 Å². The van der Waals surface area contributed by atoms with Crippen molar-refractivity contribution in [1.82, 2.24) is 20.4 Å². The molecule has 2 heterocycles. The fraction of sp³-hybridized carbons (Fsp3) is 0.471. The lowest BCUT2D eigenvalue weighted by Gasteiger charge is -2.22. The van der Waals surface area contributed by atoms with Gasteiger partial charge in [0, 0.05) is 13.0 Å². The minimum atomic E-state index is -0.320. The van der Waals surface area contributed by atoms with Crippen LogP contribution in [0, 0.1) is 5.92 Å². The molecule has 3 N–H and O–H groups in total. The number of amides is 1. The fourth-order valence-corrected chi connectivity index (χ4v) is 3.06. The third-order valence-electron chi connectivity index (χ3n) is 4.43. The molecule has 0 spiro atoms. The lowest BCUT2D eigenvalue weighted by Crippen LogP contribution is -2.38. The van der Waals surface area contributed by atoms with Crippen molar-refractivity contribution in [3.05, 3.63) is 45.0 Å². The summed E-state index contributed by atoms with van der Waals surface area (Å²) in [5, 5.41) is 9.50. The van der Waals surface area contributed by atoms with Gasteiger partial charge in [0.2, 0.25) is 5.91 Å². The van der Waals surface area contributed by atoms with Crippen molar-refractivity contribution in [2.24, 2.45) is 5.92 Å². The Labute approximate surface area is 151 Å². The molecule has 1 fully saturated rings. The second kappa shape index (κ2) is 8.82. The number of hydrogen-bond acceptors (Lipinski definition) is 4. The zero-order valence-electron chi connectivity index (χ0n) is 13.9. The smallest absolute Gasteiger partial charge is 0.273 e. The lowest BCUT2D eigenvalue weighted by atomic mass is 10.00. The molecular formula is C17H23ClN4O3. The first-order chi connectivity index (χ1) is 11.6. The van der Waals surface area contributed by atoms with E-state index >= 15 is 0 Å². The van der Waals surface area contributed by atoms with Crippen molar-refractivity contribution >= 4 is 29.1 Å². The number of fused-ring (bicyclic) bond motifs is 1. The van der Waals surface area contributed by atoms with E-state index in [1.165, 1.54) is 4.68 Å². The van der Waals surface area contributed by atoms with Crippen LogP contribution in [0.15, 0.2) is 33.9 Å². The van der Waals surface area contributed by atoms with E-state index in [2.05, 4.69) is 15.7 Å². The SMILES string of the molecule is Cl.O=C(CCn1[nH]c(=O)c2ccccc2c1=O)NCC1CCCNC1. The summed E-state index contributed by atoms with van der Waals surface area (Å²) in [4.78, 5) is 36.3. The maximum absolute atomic E-state index is 12.4. The van der Waals surface area contributed by atoms with E-state index in [1.807, 2.05) is 0 Å². The number of nitrogens with zero attached hydrogens (tertiary/aromatic N) is 1. The Morgan fingerprint density at radius 2 is 2.00 bits per heavy atom. The van der Waals surface area contributed by atoms with Gasteiger partial charge in [-0.25, -0.2) is 4.68 Å². The Kier molecular flexibility index (Phi) is 6.78. The fourth-order valence-electron chi connectivity index (χ4n) is 3.06. The van der Waals surface area contributed by atoms with Gasteiger partial charge in [0.05, 0.1) is 17.3 Å². The van der Waals surface area contributed by atoms with Gasteiger partial charge in [-0.05, 0) is 44.0 Å².